The Bertz CT molecular complexity index is 1110. The zero-order valence-corrected chi connectivity index (χ0v) is 20.0. The van der Waals surface area contributed by atoms with E-state index in [2.05, 4.69) is 20.9 Å². The first-order valence-corrected chi connectivity index (χ1v) is 11.8. The number of primary amides is 1. The lowest BCUT2D eigenvalue weighted by Gasteiger charge is -2.19. The number of hydrogen-bond acceptors (Lipinski definition) is 5. The molecule has 2 amide bonds. The lowest BCUT2D eigenvalue weighted by molar-refractivity contribution is -0.123. The van der Waals surface area contributed by atoms with Gasteiger partial charge in [-0.25, -0.2) is 8.42 Å². The number of rotatable bonds is 8. The molecule has 6 N–H and O–H groups in total. The molecule has 0 saturated carbocycles. The highest BCUT2D eigenvalue weighted by Gasteiger charge is 2.26. The van der Waals surface area contributed by atoms with E-state index in [1.54, 1.807) is 24.3 Å². The number of anilines is 1. The smallest absolute Gasteiger partial charge is 0.256 e. The summed E-state index contributed by atoms with van der Waals surface area (Å²) in [6.07, 6.45) is -0.360. The molecular weight excluding hydrogens is 497 g/mol. The number of halogens is 2. The minimum Gasteiger partial charge on any atom is -0.370 e. The molecule has 0 aliphatic heterocycles. The van der Waals surface area contributed by atoms with Crippen molar-refractivity contribution in [3.8, 4) is 0 Å². The van der Waals surface area contributed by atoms with Crippen LogP contribution in [0.3, 0.4) is 0 Å². The largest absolute Gasteiger partial charge is 0.370 e. The Labute approximate surface area is 201 Å². The van der Waals surface area contributed by atoms with Gasteiger partial charge in [-0.3, -0.25) is 20.4 Å². The van der Waals surface area contributed by atoms with Crippen LogP contribution in [0.1, 0.15) is 18.4 Å². The van der Waals surface area contributed by atoms with Gasteiger partial charge in [0.2, 0.25) is 15.9 Å². The molecule has 1 unspecified atom stereocenters. The van der Waals surface area contributed by atoms with Gasteiger partial charge >= 0.3 is 0 Å². The SMILES string of the molecule is Cc1ccc(S(=O)(=O)NC(CCC(N)=O)C(=O)NNC(=S)Nc2ccc(Cl)c(Cl)c2)cc1. The second kappa shape index (κ2) is 11.4. The molecular formula is C19H21Cl2N5O4S2. The Morgan fingerprint density at radius 3 is 2.31 bits per heavy atom. The van der Waals surface area contributed by atoms with Gasteiger partial charge in [0, 0.05) is 12.1 Å². The average molecular weight is 518 g/mol. The van der Waals surface area contributed by atoms with Crippen LogP contribution in [0, 0.1) is 6.92 Å². The van der Waals surface area contributed by atoms with Gasteiger partial charge in [0.1, 0.15) is 6.04 Å². The molecule has 0 fully saturated rings. The Kier molecular flexibility index (Phi) is 9.22. The molecule has 0 aliphatic carbocycles. The molecule has 0 spiro atoms. The predicted octanol–water partition coefficient (Wildman–Crippen LogP) is 2.23. The highest BCUT2D eigenvalue weighted by Crippen LogP contribution is 2.24. The molecule has 1 atom stereocenters. The van der Waals surface area contributed by atoms with Crippen LogP contribution < -0.4 is 26.6 Å². The number of carbonyl (C=O) groups is 2. The number of aryl methyl sites for hydroxylation is 1. The van der Waals surface area contributed by atoms with Crippen LogP contribution in [-0.4, -0.2) is 31.4 Å². The molecule has 13 heteroatoms. The first kappa shape index (κ1) is 25.8. The fraction of sp³-hybridized carbons (Fsp3) is 0.211. The van der Waals surface area contributed by atoms with Crippen molar-refractivity contribution in [2.75, 3.05) is 5.32 Å². The normalized spacial score (nSPS) is 12.0. The van der Waals surface area contributed by atoms with E-state index < -0.39 is 27.9 Å². The third-order valence-corrected chi connectivity index (χ3v) is 6.53. The standard InChI is InChI=1S/C19H21Cl2N5O4S2/c1-11-2-5-13(6-3-11)32(29,30)26-16(8-9-17(22)27)18(28)24-25-19(31)23-12-4-7-14(20)15(21)10-12/h2-7,10,16,26H,8-9H2,1H3,(H2,22,27)(H,24,28)(H2,23,25,31). The van der Waals surface area contributed by atoms with Gasteiger partial charge in [-0.05, 0) is 55.9 Å². The molecule has 0 aromatic heterocycles. The van der Waals surface area contributed by atoms with Crippen LogP contribution in [0.5, 0.6) is 0 Å². The van der Waals surface area contributed by atoms with Crippen molar-refractivity contribution >= 4 is 68.1 Å². The molecule has 0 bridgehead atoms. The van der Waals surface area contributed by atoms with Gasteiger partial charge in [0.25, 0.3) is 5.91 Å². The van der Waals surface area contributed by atoms with Crippen molar-refractivity contribution in [2.45, 2.75) is 30.7 Å². The molecule has 32 heavy (non-hydrogen) atoms. The number of nitrogens with one attached hydrogen (secondary N) is 4. The minimum absolute atomic E-state index is 0.00628. The number of carbonyl (C=O) groups excluding carboxylic acids is 2. The number of hydrogen-bond donors (Lipinski definition) is 5. The zero-order valence-electron chi connectivity index (χ0n) is 16.8. The van der Waals surface area contributed by atoms with Gasteiger partial charge in [-0.15, -0.1) is 0 Å². The molecule has 0 saturated heterocycles. The van der Waals surface area contributed by atoms with Crippen LogP contribution in [0.4, 0.5) is 5.69 Å². The molecule has 0 radical (unpaired) electrons. The first-order chi connectivity index (χ1) is 15.0. The van der Waals surface area contributed by atoms with Gasteiger partial charge in [-0.1, -0.05) is 40.9 Å². The Morgan fingerprint density at radius 2 is 1.72 bits per heavy atom. The highest BCUT2D eigenvalue weighted by molar-refractivity contribution is 7.89. The lowest BCUT2D eigenvalue weighted by Crippen LogP contribution is -2.53. The Balaban J connectivity index is 2.04. The van der Waals surface area contributed by atoms with E-state index in [1.807, 2.05) is 6.92 Å². The van der Waals surface area contributed by atoms with Crippen molar-refractivity contribution in [1.82, 2.24) is 15.6 Å². The van der Waals surface area contributed by atoms with Crippen LogP contribution in [0.15, 0.2) is 47.4 Å². The first-order valence-electron chi connectivity index (χ1n) is 9.17. The summed E-state index contributed by atoms with van der Waals surface area (Å²) in [5.41, 5.74) is 11.3. The van der Waals surface area contributed by atoms with E-state index >= 15 is 0 Å². The second-order valence-electron chi connectivity index (χ2n) is 6.69. The summed E-state index contributed by atoms with van der Waals surface area (Å²) in [5.74, 6) is -1.44. The van der Waals surface area contributed by atoms with Crippen LogP contribution in [0.2, 0.25) is 10.0 Å². The molecule has 2 aromatic rings. The average Bonchev–Trinajstić information content (AvgIpc) is 2.72. The minimum atomic E-state index is -4.03. The quantitative estimate of drug-likeness (QED) is 0.267. The van der Waals surface area contributed by atoms with E-state index in [0.29, 0.717) is 15.7 Å². The summed E-state index contributed by atoms with van der Waals surface area (Å²) in [6, 6.07) is 9.51. The molecule has 0 heterocycles. The Morgan fingerprint density at radius 1 is 1.06 bits per heavy atom. The summed E-state index contributed by atoms with van der Waals surface area (Å²) in [7, 11) is -4.03. The van der Waals surface area contributed by atoms with Gasteiger partial charge in [0.05, 0.1) is 14.9 Å². The summed E-state index contributed by atoms with van der Waals surface area (Å²) < 4.78 is 27.6. The van der Waals surface area contributed by atoms with Crippen LogP contribution >= 0.6 is 35.4 Å². The molecule has 2 aromatic carbocycles. The summed E-state index contributed by atoms with van der Waals surface area (Å²) in [4.78, 5) is 23.7. The van der Waals surface area contributed by atoms with Gasteiger partial charge < -0.3 is 11.1 Å². The van der Waals surface area contributed by atoms with Crippen molar-refractivity contribution in [2.24, 2.45) is 5.73 Å². The van der Waals surface area contributed by atoms with Gasteiger partial charge in [-0.2, -0.15) is 4.72 Å². The molecule has 9 nitrogen and oxygen atoms in total. The number of sulfonamides is 1. The molecule has 0 aliphatic rings. The van der Waals surface area contributed by atoms with Crippen molar-refractivity contribution in [3.05, 3.63) is 58.1 Å². The maximum Gasteiger partial charge on any atom is 0.256 e. The predicted molar refractivity (Wildman–Crippen MR) is 128 cm³/mol. The second-order valence-corrected chi connectivity index (χ2v) is 9.63. The summed E-state index contributed by atoms with van der Waals surface area (Å²) in [5, 5.41) is 3.46. The number of thiocarbonyl (C=S) groups is 1. The van der Waals surface area contributed by atoms with Crippen molar-refractivity contribution < 1.29 is 18.0 Å². The van der Waals surface area contributed by atoms with Crippen LogP contribution in [-0.2, 0) is 19.6 Å². The maximum absolute atomic E-state index is 12.7. The highest BCUT2D eigenvalue weighted by atomic mass is 35.5. The third-order valence-electron chi connectivity index (χ3n) is 4.10. The van der Waals surface area contributed by atoms with E-state index in [4.69, 9.17) is 41.2 Å². The van der Waals surface area contributed by atoms with E-state index in [0.717, 1.165) is 5.56 Å². The number of hydrazine groups is 1. The fourth-order valence-electron chi connectivity index (χ4n) is 2.44. The van der Waals surface area contributed by atoms with E-state index in [9.17, 15) is 18.0 Å². The molecule has 2 rings (SSSR count). The zero-order chi connectivity index (χ0) is 23.9. The lowest BCUT2D eigenvalue weighted by atomic mass is 10.1. The maximum atomic E-state index is 12.7. The number of nitrogens with two attached hydrogens (primary N) is 1. The fourth-order valence-corrected chi connectivity index (χ4v) is 4.14. The van der Waals surface area contributed by atoms with E-state index in [-0.39, 0.29) is 22.8 Å². The number of amides is 2. The topological polar surface area (TPSA) is 142 Å². The van der Waals surface area contributed by atoms with Crippen molar-refractivity contribution in [3.63, 3.8) is 0 Å². The number of benzene rings is 2. The molecule has 172 valence electrons. The van der Waals surface area contributed by atoms with Crippen LogP contribution in [0.25, 0.3) is 0 Å². The van der Waals surface area contributed by atoms with E-state index in [1.165, 1.54) is 18.2 Å². The Hall–Kier alpha value is -2.44. The van der Waals surface area contributed by atoms with Crippen molar-refractivity contribution in [1.29, 1.82) is 0 Å². The summed E-state index contributed by atoms with van der Waals surface area (Å²) >= 11 is 16.9. The van der Waals surface area contributed by atoms with Gasteiger partial charge in [0.15, 0.2) is 5.11 Å². The summed E-state index contributed by atoms with van der Waals surface area (Å²) in [6.45, 7) is 1.81. The monoisotopic (exact) mass is 517 g/mol. The third kappa shape index (κ3) is 7.92.